The van der Waals surface area contributed by atoms with Crippen LogP contribution >= 0.6 is 35.3 Å². The number of aromatic nitrogens is 3. The van der Waals surface area contributed by atoms with Crippen molar-refractivity contribution < 1.29 is 4.79 Å². The molecule has 0 spiro atoms. The van der Waals surface area contributed by atoms with Crippen molar-refractivity contribution in [3.05, 3.63) is 59.0 Å². The number of anilines is 1. The third-order valence-electron chi connectivity index (χ3n) is 5.26. The predicted molar refractivity (Wildman–Crippen MR) is 131 cm³/mol. The van der Waals surface area contributed by atoms with E-state index in [1.54, 1.807) is 4.90 Å². The second-order valence-electron chi connectivity index (χ2n) is 7.07. The first-order chi connectivity index (χ1) is 14.5. The summed E-state index contributed by atoms with van der Waals surface area (Å²) >= 11 is 7.64. The second-order valence-corrected chi connectivity index (χ2v) is 8.51. The summed E-state index contributed by atoms with van der Waals surface area (Å²) in [5.41, 5.74) is 2.89. The minimum Gasteiger partial charge on any atom is -0.302 e. The summed E-state index contributed by atoms with van der Waals surface area (Å²) in [7, 11) is 0. The molecule has 0 saturated carbocycles. The lowest BCUT2D eigenvalue weighted by Gasteiger charge is -2.24. The minimum absolute atomic E-state index is 0. The monoisotopic (exact) mass is 477 g/mol. The number of imidazole rings is 1. The Hall–Kier alpha value is -2.19. The molecular formula is C22H25Cl2N5OS. The first-order valence-corrected chi connectivity index (χ1v) is 11.2. The average Bonchev–Trinajstić information content (AvgIpc) is 3.30. The van der Waals surface area contributed by atoms with Gasteiger partial charge in [0.25, 0.3) is 5.91 Å². The highest BCUT2D eigenvalue weighted by atomic mass is 35.5. The number of aryl methyl sites for hydroxylation is 1. The van der Waals surface area contributed by atoms with Crippen molar-refractivity contribution in [3.8, 4) is 0 Å². The van der Waals surface area contributed by atoms with E-state index in [9.17, 15) is 4.79 Å². The van der Waals surface area contributed by atoms with Gasteiger partial charge in [0.2, 0.25) is 0 Å². The van der Waals surface area contributed by atoms with Crippen molar-refractivity contribution in [2.75, 3.05) is 31.1 Å². The van der Waals surface area contributed by atoms with Gasteiger partial charge >= 0.3 is 0 Å². The van der Waals surface area contributed by atoms with E-state index in [-0.39, 0.29) is 18.3 Å². The lowest BCUT2D eigenvalue weighted by Crippen LogP contribution is -2.39. The lowest BCUT2D eigenvalue weighted by atomic mass is 10.3. The van der Waals surface area contributed by atoms with Gasteiger partial charge in [-0.25, -0.2) is 9.97 Å². The standard InChI is InChI=1S/C22H24ClN5OS.ClH/c1-4-26(5-2)12-13-28(22-25-17-10-9-16(23)14-18(17)30-22)21(29)20-15(3)24-19-8-6-7-11-27(19)20;/h6-11,14H,4-5,12-13H2,1-3H3;1H. The van der Waals surface area contributed by atoms with E-state index in [1.807, 2.05) is 53.9 Å². The maximum Gasteiger partial charge on any atom is 0.279 e. The number of carbonyl (C=O) groups is 1. The van der Waals surface area contributed by atoms with Gasteiger partial charge < -0.3 is 4.90 Å². The van der Waals surface area contributed by atoms with Gasteiger partial charge in [-0.05, 0) is 50.3 Å². The molecule has 31 heavy (non-hydrogen) atoms. The molecule has 164 valence electrons. The highest BCUT2D eigenvalue weighted by molar-refractivity contribution is 7.22. The molecule has 0 fully saturated rings. The maximum absolute atomic E-state index is 13.8. The zero-order valence-electron chi connectivity index (χ0n) is 17.7. The van der Waals surface area contributed by atoms with Gasteiger partial charge in [0, 0.05) is 24.3 Å². The molecule has 3 aromatic heterocycles. The molecule has 4 rings (SSSR count). The third kappa shape index (κ3) is 4.70. The van der Waals surface area contributed by atoms with Gasteiger partial charge in [0.05, 0.1) is 15.9 Å². The Morgan fingerprint density at radius 2 is 1.90 bits per heavy atom. The molecule has 0 saturated heterocycles. The van der Waals surface area contributed by atoms with E-state index in [0.717, 1.165) is 35.5 Å². The average molecular weight is 478 g/mol. The van der Waals surface area contributed by atoms with Crippen molar-refractivity contribution in [2.45, 2.75) is 20.8 Å². The minimum atomic E-state index is -0.0940. The Bertz CT molecular complexity index is 1200. The quantitative estimate of drug-likeness (QED) is 0.361. The number of nitrogens with zero attached hydrogens (tertiary/aromatic N) is 5. The molecule has 0 radical (unpaired) electrons. The van der Waals surface area contributed by atoms with Crippen LogP contribution in [0.3, 0.4) is 0 Å². The molecule has 0 aliphatic rings. The van der Waals surface area contributed by atoms with Gasteiger partial charge in [0.15, 0.2) is 5.13 Å². The van der Waals surface area contributed by atoms with Crippen LogP contribution in [0.5, 0.6) is 0 Å². The van der Waals surface area contributed by atoms with Crippen molar-refractivity contribution in [2.24, 2.45) is 0 Å². The molecule has 0 aliphatic carbocycles. The summed E-state index contributed by atoms with van der Waals surface area (Å²) in [6.07, 6.45) is 1.88. The van der Waals surface area contributed by atoms with Crippen LogP contribution in [-0.4, -0.2) is 51.4 Å². The number of fused-ring (bicyclic) bond motifs is 2. The number of amides is 1. The zero-order valence-corrected chi connectivity index (χ0v) is 20.1. The fourth-order valence-corrected chi connectivity index (χ4v) is 4.83. The molecule has 1 amide bonds. The number of rotatable bonds is 7. The highest BCUT2D eigenvalue weighted by Crippen LogP contribution is 2.32. The first-order valence-electron chi connectivity index (χ1n) is 10.1. The summed E-state index contributed by atoms with van der Waals surface area (Å²) in [6, 6.07) is 11.3. The van der Waals surface area contributed by atoms with Crippen LogP contribution < -0.4 is 4.90 Å². The topological polar surface area (TPSA) is 53.7 Å². The van der Waals surface area contributed by atoms with E-state index in [4.69, 9.17) is 16.6 Å². The van der Waals surface area contributed by atoms with E-state index in [2.05, 4.69) is 23.7 Å². The summed E-state index contributed by atoms with van der Waals surface area (Å²) in [6.45, 7) is 9.32. The van der Waals surface area contributed by atoms with Crippen LogP contribution in [-0.2, 0) is 0 Å². The normalized spacial score (nSPS) is 11.3. The summed E-state index contributed by atoms with van der Waals surface area (Å²) in [4.78, 5) is 27.1. The summed E-state index contributed by atoms with van der Waals surface area (Å²) < 4.78 is 2.82. The molecule has 0 unspecified atom stereocenters. The van der Waals surface area contributed by atoms with Gasteiger partial charge in [-0.1, -0.05) is 42.9 Å². The lowest BCUT2D eigenvalue weighted by molar-refractivity contribution is 0.0977. The summed E-state index contributed by atoms with van der Waals surface area (Å²) in [5, 5.41) is 1.34. The van der Waals surface area contributed by atoms with Crippen LogP contribution in [0.1, 0.15) is 30.0 Å². The Labute approximate surface area is 196 Å². The van der Waals surface area contributed by atoms with Gasteiger partial charge in [-0.15, -0.1) is 12.4 Å². The Kier molecular flexibility index (Phi) is 7.54. The van der Waals surface area contributed by atoms with Crippen molar-refractivity contribution >= 4 is 62.2 Å². The number of pyridine rings is 1. The molecule has 0 bridgehead atoms. The number of benzene rings is 1. The summed E-state index contributed by atoms with van der Waals surface area (Å²) in [5.74, 6) is -0.0940. The number of hydrogen-bond donors (Lipinski definition) is 0. The zero-order chi connectivity index (χ0) is 21.3. The molecule has 6 nitrogen and oxygen atoms in total. The van der Waals surface area contributed by atoms with Gasteiger partial charge in [-0.2, -0.15) is 0 Å². The van der Waals surface area contributed by atoms with Gasteiger partial charge in [-0.3, -0.25) is 14.1 Å². The number of hydrogen-bond acceptors (Lipinski definition) is 5. The second kappa shape index (κ2) is 9.96. The van der Waals surface area contributed by atoms with Crippen molar-refractivity contribution in [3.63, 3.8) is 0 Å². The fourth-order valence-electron chi connectivity index (χ4n) is 3.57. The highest BCUT2D eigenvalue weighted by Gasteiger charge is 2.26. The predicted octanol–water partition coefficient (Wildman–Crippen LogP) is 5.32. The van der Waals surface area contributed by atoms with Crippen LogP contribution in [0.15, 0.2) is 42.6 Å². The smallest absolute Gasteiger partial charge is 0.279 e. The molecule has 0 atom stereocenters. The van der Waals surface area contributed by atoms with E-state index >= 15 is 0 Å². The van der Waals surface area contributed by atoms with E-state index in [0.29, 0.717) is 28.1 Å². The molecular weight excluding hydrogens is 453 g/mol. The molecule has 0 aliphatic heterocycles. The van der Waals surface area contributed by atoms with Crippen LogP contribution in [0.25, 0.3) is 15.9 Å². The third-order valence-corrected chi connectivity index (χ3v) is 6.53. The van der Waals surface area contributed by atoms with E-state index in [1.165, 1.54) is 11.3 Å². The molecule has 0 N–H and O–H groups in total. The fraction of sp³-hybridized carbons (Fsp3) is 0.318. The van der Waals surface area contributed by atoms with Crippen molar-refractivity contribution in [1.29, 1.82) is 0 Å². The van der Waals surface area contributed by atoms with Crippen LogP contribution in [0.2, 0.25) is 5.02 Å². The SMILES string of the molecule is CCN(CC)CCN(C(=O)c1c(C)nc2ccccn12)c1nc2ccc(Cl)cc2s1.Cl. The van der Waals surface area contributed by atoms with Crippen LogP contribution in [0, 0.1) is 6.92 Å². The number of likely N-dealkylation sites (N-methyl/N-ethyl adjacent to an activating group) is 1. The number of carbonyl (C=O) groups excluding carboxylic acids is 1. The van der Waals surface area contributed by atoms with Crippen molar-refractivity contribution in [1.82, 2.24) is 19.3 Å². The molecule has 3 heterocycles. The Balaban J connectivity index is 0.00000272. The van der Waals surface area contributed by atoms with Crippen LogP contribution in [0.4, 0.5) is 5.13 Å². The molecule has 4 aromatic rings. The molecule has 1 aromatic carbocycles. The molecule has 9 heteroatoms. The van der Waals surface area contributed by atoms with Gasteiger partial charge in [0.1, 0.15) is 11.3 Å². The Morgan fingerprint density at radius 1 is 1.13 bits per heavy atom. The Morgan fingerprint density at radius 3 is 2.65 bits per heavy atom. The van der Waals surface area contributed by atoms with E-state index < -0.39 is 0 Å². The maximum atomic E-state index is 13.8. The largest absolute Gasteiger partial charge is 0.302 e. The number of halogens is 2. The number of thiazole rings is 1. The first kappa shape index (κ1) is 23.5.